The van der Waals surface area contributed by atoms with E-state index in [2.05, 4.69) is 22.2 Å². The average molecular weight is 445 g/mol. The van der Waals surface area contributed by atoms with Crippen molar-refractivity contribution < 1.29 is 14.7 Å². The summed E-state index contributed by atoms with van der Waals surface area (Å²) in [5.74, 6) is -0.229. The SMILES string of the molecule is C=CC(=O)Nc1csc(C(=O)Nc2nc3cccc(Cl)c3n2[C@H]2CC[C@H](O)CC2)c1. The summed E-state index contributed by atoms with van der Waals surface area (Å²) in [6.07, 6.45) is 3.82. The number of carbonyl (C=O) groups is 2. The van der Waals surface area contributed by atoms with Crippen molar-refractivity contribution in [2.24, 2.45) is 0 Å². The van der Waals surface area contributed by atoms with Crippen LogP contribution < -0.4 is 10.6 Å². The average Bonchev–Trinajstić information content (AvgIpc) is 3.34. The number of aliphatic hydroxyl groups excluding tert-OH is 1. The van der Waals surface area contributed by atoms with Gasteiger partial charge in [0, 0.05) is 11.4 Å². The molecule has 1 aliphatic carbocycles. The molecule has 9 heteroatoms. The van der Waals surface area contributed by atoms with E-state index in [1.807, 2.05) is 16.7 Å². The van der Waals surface area contributed by atoms with E-state index >= 15 is 0 Å². The molecular formula is C21H21ClN4O3S. The minimum atomic E-state index is -0.337. The number of halogens is 1. The summed E-state index contributed by atoms with van der Waals surface area (Å²) < 4.78 is 1.98. The Morgan fingerprint density at radius 2 is 2.03 bits per heavy atom. The second-order valence-corrected chi connectivity index (χ2v) is 8.54. The van der Waals surface area contributed by atoms with Gasteiger partial charge in [0.25, 0.3) is 5.91 Å². The Kier molecular flexibility index (Phi) is 5.90. The van der Waals surface area contributed by atoms with Gasteiger partial charge in [-0.1, -0.05) is 24.2 Å². The predicted octanol–water partition coefficient (Wildman–Crippen LogP) is 4.60. The number of rotatable bonds is 5. The van der Waals surface area contributed by atoms with Crippen LogP contribution in [0.1, 0.15) is 41.4 Å². The van der Waals surface area contributed by atoms with Crippen molar-refractivity contribution in [3.63, 3.8) is 0 Å². The van der Waals surface area contributed by atoms with Gasteiger partial charge in [-0.15, -0.1) is 11.3 Å². The number of imidazole rings is 1. The largest absolute Gasteiger partial charge is 0.393 e. The molecule has 1 saturated carbocycles. The van der Waals surface area contributed by atoms with Crippen LogP contribution in [0.3, 0.4) is 0 Å². The Labute approximate surface area is 182 Å². The van der Waals surface area contributed by atoms with Gasteiger partial charge >= 0.3 is 0 Å². The van der Waals surface area contributed by atoms with Crippen LogP contribution >= 0.6 is 22.9 Å². The van der Waals surface area contributed by atoms with E-state index in [4.69, 9.17) is 11.6 Å². The summed E-state index contributed by atoms with van der Waals surface area (Å²) in [4.78, 5) is 29.4. The number of aromatic nitrogens is 2. The van der Waals surface area contributed by atoms with Crippen LogP contribution in [-0.4, -0.2) is 32.6 Å². The molecule has 2 amide bonds. The zero-order chi connectivity index (χ0) is 21.3. The minimum Gasteiger partial charge on any atom is -0.393 e. The second-order valence-electron chi connectivity index (χ2n) is 7.22. The van der Waals surface area contributed by atoms with Crippen LogP contribution in [0.15, 0.2) is 42.3 Å². The number of nitrogens with one attached hydrogen (secondary N) is 2. The second kappa shape index (κ2) is 8.59. The lowest BCUT2D eigenvalue weighted by Gasteiger charge is -2.28. The molecule has 156 valence electrons. The van der Waals surface area contributed by atoms with Crippen molar-refractivity contribution in [1.29, 1.82) is 0 Å². The Bertz CT molecular complexity index is 1110. The van der Waals surface area contributed by atoms with Crippen molar-refractivity contribution in [2.75, 3.05) is 10.6 Å². The van der Waals surface area contributed by atoms with Crippen LogP contribution in [0, 0.1) is 0 Å². The fraction of sp³-hybridized carbons (Fsp3) is 0.286. The Morgan fingerprint density at radius 3 is 2.77 bits per heavy atom. The molecule has 0 aliphatic heterocycles. The van der Waals surface area contributed by atoms with Crippen LogP contribution in [-0.2, 0) is 4.79 Å². The molecule has 2 aromatic heterocycles. The van der Waals surface area contributed by atoms with E-state index in [1.165, 1.54) is 17.4 Å². The van der Waals surface area contributed by atoms with E-state index < -0.39 is 0 Å². The monoisotopic (exact) mass is 444 g/mol. The van der Waals surface area contributed by atoms with Gasteiger partial charge in [-0.25, -0.2) is 4.98 Å². The molecule has 0 unspecified atom stereocenters. The maximum atomic E-state index is 12.9. The first-order chi connectivity index (χ1) is 14.5. The van der Waals surface area contributed by atoms with Crippen molar-refractivity contribution >= 4 is 57.4 Å². The third-order valence-electron chi connectivity index (χ3n) is 5.19. The Balaban J connectivity index is 1.64. The third-order valence-corrected chi connectivity index (χ3v) is 6.43. The molecule has 30 heavy (non-hydrogen) atoms. The first kappa shape index (κ1) is 20.6. The van der Waals surface area contributed by atoms with Crippen LogP contribution in [0.25, 0.3) is 11.0 Å². The number of hydrogen-bond acceptors (Lipinski definition) is 5. The lowest BCUT2D eigenvalue weighted by molar-refractivity contribution is -0.111. The van der Waals surface area contributed by atoms with Gasteiger partial charge in [0.1, 0.15) is 0 Å². The zero-order valence-corrected chi connectivity index (χ0v) is 17.7. The van der Waals surface area contributed by atoms with Gasteiger partial charge in [0.15, 0.2) is 0 Å². The minimum absolute atomic E-state index is 0.0828. The van der Waals surface area contributed by atoms with Crippen molar-refractivity contribution in [1.82, 2.24) is 9.55 Å². The number of hydrogen-bond donors (Lipinski definition) is 3. The quantitative estimate of drug-likeness (QED) is 0.501. The standard InChI is InChI=1S/C21H21ClN4O3S/c1-2-18(28)23-12-10-17(30-11-12)20(29)25-21-24-16-5-3-4-15(22)19(16)26(21)13-6-8-14(27)9-7-13/h2-5,10-11,13-14,27H,1,6-9H2,(H,23,28)(H,24,25,29)/t13-,14-. The molecular weight excluding hydrogens is 424 g/mol. The molecule has 0 bridgehead atoms. The van der Waals surface area contributed by atoms with Gasteiger partial charge in [-0.3, -0.25) is 14.9 Å². The van der Waals surface area contributed by atoms with E-state index in [-0.39, 0.29) is 24.0 Å². The number of aliphatic hydroxyl groups is 1. The maximum absolute atomic E-state index is 12.9. The van der Waals surface area contributed by atoms with E-state index in [0.29, 0.717) is 39.9 Å². The molecule has 1 fully saturated rings. The summed E-state index contributed by atoms with van der Waals surface area (Å²) in [6.45, 7) is 3.42. The van der Waals surface area contributed by atoms with E-state index in [1.54, 1.807) is 17.5 Å². The zero-order valence-electron chi connectivity index (χ0n) is 16.1. The first-order valence-electron chi connectivity index (χ1n) is 9.64. The molecule has 1 aromatic carbocycles. The summed E-state index contributed by atoms with van der Waals surface area (Å²) >= 11 is 7.70. The van der Waals surface area contributed by atoms with E-state index in [9.17, 15) is 14.7 Å². The Hall–Kier alpha value is -2.68. The third kappa shape index (κ3) is 4.12. The molecule has 0 spiro atoms. The number of para-hydroxylation sites is 1. The summed E-state index contributed by atoms with van der Waals surface area (Å²) in [5.41, 5.74) is 2.02. The van der Waals surface area contributed by atoms with Crippen LogP contribution in [0.4, 0.5) is 11.6 Å². The first-order valence-corrected chi connectivity index (χ1v) is 10.9. The number of nitrogens with zero attached hydrogens (tertiary/aromatic N) is 2. The molecule has 4 rings (SSSR count). The molecule has 0 saturated heterocycles. The summed E-state index contributed by atoms with van der Waals surface area (Å²) in [7, 11) is 0. The number of anilines is 2. The van der Waals surface area contributed by atoms with Gasteiger partial charge in [0.05, 0.1) is 32.7 Å². The smallest absolute Gasteiger partial charge is 0.268 e. The van der Waals surface area contributed by atoms with Crippen LogP contribution in [0.2, 0.25) is 5.02 Å². The maximum Gasteiger partial charge on any atom is 0.268 e. The highest BCUT2D eigenvalue weighted by atomic mass is 35.5. The highest BCUT2D eigenvalue weighted by molar-refractivity contribution is 7.12. The molecule has 0 radical (unpaired) electrons. The predicted molar refractivity (Wildman–Crippen MR) is 119 cm³/mol. The normalized spacial score (nSPS) is 18.9. The van der Waals surface area contributed by atoms with Gasteiger partial charge < -0.3 is 15.0 Å². The fourth-order valence-corrected chi connectivity index (χ4v) is 4.74. The topological polar surface area (TPSA) is 96.3 Å². The van der Waals surface area contributed by atoms with Gasteiger partial charge in [-0.05, 0) is 50.0 Å². The molecule has 1 aliphatic rings. The van der Waals surface area contributed by atoms with Crippen LogP contribution in [0.5, 0.6) is 0 Å². The van der Waals surface area contributed by atoms with Crippen molar-refractivity contribution in [2.45, 2.75) is 37.8 Å². The molecule has 3 N–H and O–H groups in total. The van der Waals surface area contributed by atoms with E-state index in [0.717, 1.165) is 18.4 Å². The molecule has 2 heterocycles. The number of fused-ring (bicyclic) bond motifs is 1. The lowest BCUT2D eigenvalue weighted by Crippen LogP contribution is -2.23. The molecule has 3 aromatic rings. The molecule has 0 atom stereocenters. The summed E-state index contributed by atoms with van der Waals surface area (Å²) in [5, 5.41) is 17.7. The van der Waals surface area contributed by atoms with Crippen molar-refractivity contribution in [3.8, 4) is 0 Å². The highest BCUT2D eigenvalue weighted by Gasteiger charge is 2.27. The number of amides is 2. The number of thiophene rings is 1. The van der Waals surface area contributed by atoms with Gasteiger partial charge in [-0.2, -0.15) is 0 Å². The Morgan fingerprint density at radius 1 is 1.27 bits per heavy atom. The fourth-order valence-electron chi connectivity index (χ4n) is 3.74. The van der Waals surface area contributed by atoms with Gasteiger partial charge in [0.2, 0.25) is 11.9 Å². The summed E-state index contributed by atoms with van der Waals surface area (Å²) in [6, 6.07) is 7.18. The molecule has 7 nitrogen and oxygen atoms in total. The highest BCUT2D eigenvalue weighted by Crippen LogP contribution is 2.37. The lowest BCUT2D eigenvalue weighted by atomic mass is 9.93. The van der Waals surface area contributed by atoms with Crippen molar-refractivity contribution in [3.05, 3.63) is 52.2 Å². The number of benzene rings is 1. The number of carbonyl (C=O) groups excluding carboxylic acids is 2.